The molecule has 0 atom stereocenters. The summed E-state index contributed by atoms with van der Waals surface area (Å²) in [4.78, 5) is 5.34. The van der Waals surface area contributed by atoms with E-state index in [1.807, 2.05) is 24.6 Å². The maximum Gasteiger partial charge on any atom is 0.182 e. The highest BCUT2D eigenvalue weighted by Gasteiger charge is 2.12. The van der Waals surface area contributed by atoms with Gasteiger partial charge in [-0.3, -0.25) is 0 Å². The van der Waals surface area contributed by atoms with Crippen LogP contribution in [0.1, 0.15) is 0 Å². The van der Waals surface area contributed by atoms with E-state index in [1.54, 1.807) is 28.3 Å². The fourth-order valence-electron chi connectivity index (χ4n) is 1.53. The van der Waals surface area contributed by atoms with E-state index in [2.05, 4.69) is 20.3 Å². The van der Waals surface area contributed by atoms with E-state index in [4.69, 9.17) is 5.73 Å². The Hall–Kier alpha value is -2.06. The SMILES string of the molecule is Cn1nccc1/N=N/c1sc(N)nc1-c1cccs1. The Morgan fingerprint density at radius 1 is 1.32 bits per heavy atom. The molecule has 3 heterocycles. The van der Waals surface area contributed by atoms with Crippen molar-refractivity contribution in [3.05, 3.63) is 29.8 Å². The van der Waals surface area contributed by atoms with E-state index >= 15 is 0 Å². The van der Waals surface area contributed by atoms with Gasteiger partial charge in [0, 0.05) is 13.1 Å². The summed E-state index contributed by atoms with van der Waals surface area (Å²) in [6, 6.07) is 5.75. The van der Waals surface area contributed by atoms with Gasteiger partial charge in [0.1, 0.15) is 5.69 Å². The molecule has 0 radical (unpaired) electrons. The number of nitrogens with zero attached hydrogens (tertiary/aromatic N) is 5. The van der Waals surface area contributed by atoms with Gasteiger partial charge in [-0.2, -0.15) is 5.10 Å². The minimum absolute atomic E-state index is 0.488. The van der Waals surface area contributed by atoms with Crippen LogP contribution >= 0.6 is 22.7 Å². The van der Waals surface area contributed by atoms with E-state index in [1.165, 1.54) is 11.3 Å². The molecule has 0 aliphatic carbocycles. The van der Waals surface area contributed by atoms with Crippen LogP contribution in [-0.4, -0.2) is 14.8 Å². The van der Waals surface area contributed by atoms with Crippen LogP contribution in [0.25, 0.3) is 10.6 Å². The zero-order chi connectivity index (χ0) is 13.2. The number of hydrogen-bond donors (Lipinski definition) is 1. The van der Waals surface area contributed by atoms with Crippen LogP contribution in [0.15, 0.2) is 40.0 Å². The van der Waals surface area contributed by atoms with Gasteiger partial charge in [0.05, 0.1) is 11.1 Å². The Bertz CT molecular complexity index is 709. The van der Waals surface area contributed by atoms with Gasteiger partial charge < -0.3 is 5.73 Å². The molecule has 0 aliphatic heterocycles. The van der Waals surface area contributed by atoms with Crippen LogP contribution in [0.5, 0.6) is 0 Å². The number of aromatic nitrogens is 3. The second-order valence-corrected chi connectivity index (χ2v) is 5.65. The van der Waals surface area contributed by atoms with Crippen LogP contribution in [0.3, 0.4) is 0 Å². The lowest BCUT2D eigenvalue weighted by Gasteiger charge is -1.93. The van der Waals surface area contributed by atoms with Gasteiger partial charge in [-0.25, -0.2) is 9.67 Å². The summed E-state index contributed by atoms with van der Waals surface area (Å²) in [6.45, 7) is 0. The summed E-state index contributed by atoms with van der Waals surface area (Å²) in [5.74, 6) is 0.684. The van der Waals surface area contributed by atoms with Crippen molar-refractivity contribution in [2.75, 3.05) is 5.73 Å². The third-order valence-corrected chi connectivity index (χ3v) is 4.06. The van der Waals surface area contributed by atoms with E-state index in [0.29, 0.717) is 16.0 Å². The second kappa shape index (κ2) is 4.90. The first-order chi connectivity index (χ1) is 9.24. The fraction of sp³-hybridized carbons (Fsp3) is 0.0909. The highest BCUT2D eigenvalue weighted by atomic mass is 32.1. The quantitative estimate of drug-likeness (QED) is 0.748. The molecule has 0 spiro atoms. The molecule has 3 aromatic rings. The van der Waals surface area contributed by atoms with Crippen molar-refractivity contribution in [1.29, 1.82) is 0 Å². The summed E-state index contributed by atoms with van der Waals surface area (Å²) >= 11 is 2.92. The van der Waals surface area contributed by atoms with Crippen molar-refractivity contribution in [2.24, 2.45) is 17.3 Å². The van der Waals surface area contributed by atoms with Crippen LogP contribution in [0.4, 0.5) is 16.0 Å². The average molecular weight is 290 g/mol. The Balaban J connectivity index is 1.98. The average Bonchev–Trinajstić information content (AvgIpc) is 3.07. The highest BCUT2D eigenvalue weighted by Crippen LogP contribution is 2.39. The molecule has 0 bridgehead atoms. The molecular weight excluding hydrogens is 280 g/mol. The Labute approximate surface area is 117 Å². The number of thiazole rings is 1. The predicted octanol–water partition coefficient (Wildman–Crippen LogP) is 3.60. The molecule has 3 rings (SSSR count). The second-order valence-electron chi connectivity index (χ2n) is 3.70. The number of anilines is 1. The molecule has 0 aromatic carbocycles. The molecule has 0 aliphatic rings. The molecule has 3 aromatic heterocycles. The molecule has 0 saturated heterocycles. The lowest BCUT2D eigenvalue weighted by molar-refractivity contribution is 0.764. The number of thiophene rings is 1. The highest BCUT2D eigenvalue weighted by molar-refractivity contribution is 7.20. The van der Waals surface area contributed by atoms with E-state index in [0.717, 1.165) is 10.6 Å². The molecule has 0 saturated carbocycles. The number of nitrogens with two attached hydrogens (primary N) is 1. The first-order valence-corrected chi connectivity index (χ1v) is 7.13. The Morgan fingerprint density at radius 3 is 2.89 bits per heavy atom. The van der Waals surface area contributed by atoms with Crippen molar-refractivity contribution < 1.29 is 0 Å². The van der Waals surface area contributed by atoms with Crippen LogP contribution in [0.2, 0.25) is 0 Å². The van der Waals surface area contributed by atoms with Gasteiger partial charge in [-0.05, 0) is 11.4 Å². The third kappa shape index (κ3) is 2.40. The van der Waals surface area contributed by atoms with E-state index in [9.17, 15) is 0 Å². The molecule has 6 nitrogen and oxygen atoms in total. The molecule has 0 unspecified atom stereocenters. The van der Waals surface area contributed by atoms with Gasteiger partial charge in [0.15, 0.2) is 16.0 Å². The normalized spacial score (nSPS) is 11.4. The standard InChI is InChI=1S/C11H10N6S2/c1-17-8(4-5-13-17)15-16-10-9(14-11(12)19-10)7-3-2-6-18-7/h2-6H,1H3,(H2,12,14)/b16-15+. The van der Waals surface area contributed by atoms with Crippen molar-refractivity contribution in [1.82, 2.24) is 14.8 Å². The zero-order valence-electron chi connectivity index (χ0n) is 10.0. The lowest BCUT2D eigenvalue weighted by atomic mass is 10.4. The van der Waals surface area contributed by atoms with Crippen molar-refractivity contribution in [2.45, 2.75) is 0 Å². The van der Waals surface area contributed by atoms with Crippen molar-refractivity contribution in [3.8, 4) is 10.6 Å². The first kappa shape index (κ1) is 12.0. The minimum Gasteiger partial charge on any atom is -0.375 e. The van der Waals surface area contributed by atoms with Gasteiger partial charge in [0.2, 0.25) is 0 Å². The Morgan fingerprint density at radius 2 is 2.21 bits per heavy atom. The number of hydrogen-bond acceptors (Lipinski definition) is 7. The minimum atomic E-state index is 0.488. The third-order valence-electron chi connectivity index (χ3n) is 2.42. The summed E-state index contributed by atoms with van der Waals surface area (Å²) in [5, 5.41) is 15.6. The summed E-state index contributed by atoms with van der Waals surface area (Å²) < 4.78 is 1.65. The first-order valence-electron chi connectivity index (χ1n) is 5.44. The number of aryl methyl sites for hydroxylation is 1. The summed E-state index contributed by atoms with van der Waals surface area (Å²) in [6.07, 6.45) is 1.68. The van der Waals surface area contributed by atoms with E-state index in [-0.39, 0.29) is 0 Å². The van der Waals surface area contributed by atoms with Crippen molar-refractivity contribution >= 4 is 38.6 Å². The monoisotopic (exact) mass is 290 g/mol. The fourth-order valence-corrected chi connectivity index (χ4v) is 2.98. The predicted molar refractivity (Wildman–Crippen MR) is 77.2 cm³/mol. The molecule has 0 amide bonds. The molecule has 96 valence electrons. The smallest absolute Gasteiger partial charge is 0.182 e. The number of rotatable bonds is 3. The van der Waals surface area contributed by atoms with Crippen LogP contribution < -0.4 is 5.73 Å². The maximum atomic E-state index is 5.76. The molecule has 2 N–H and O–H groups in total. The van der Waals surface area contributed by atoms with Gasteiger partial charge in [-0.1, -0.05) is 17.4 Å². The number of azo groups is 1. The van der Waals surface area contributed by atoms with E-state index < -0.39 is 0 Å². The Kier molecular flexibility index (Phi) is 3.10. The molecule has 19 heavy (non-hydrogen) atoms. The zero-order valence-corrected chi connectivity index (χ0v) is 11.6. The summed E-state index contributed by atoms with van der Waals surface area (Å²) in [5.41, 5.74) is 6.54. The topological polar surface area (TPSA) is 81.5 Å². The maximum absolute atomic E-state index is 5.76. The van der Waals surface area contributed by atoms with Crippen LogP contribution in [-0.2, 0) is 7.05 Å². The lowest BCUT2D eigenvalue weighted by Crippen LogP contribution is -1.86. The summed E-state index contributed by atoms with van der Waals surface area (Å²) in [7, 11) is 1.82. The van der Waals surface area contributed by atoms with Crippen molar-refractivity contribution in [3.63, 3.8) is 0 Å². The number of nitrogen functional groups attached to an aromatic ring is 1. The van der Waals surface area contributed by atoms with Gasteiger partial charge in [0.25, 0.3) is 0 Å². The van der Waals surface area contributed by atoms with Gasteiger partial charge in [-0.15, -0.1) is 21.6 Å². The largest absolute Gasteiger partial charge is 0.375 e. The molecular formula is C11H10N6S2. The van der Waals surface area contributed by atoms with Crippen LogP contribution in [0, 0.1) is 0 Å². The molecule has 8 heteroatoms. The molecule has 0 fully saturated rings. The van der Waals surface area contributed by atoms with Gasteiger partial charge >= 0.3 is 0 Å².